The van der Waals surface area contributed by atoms with Crippen LogP contribution >= 0.6 is 0 Å². The van der Waals surface area contributed by atoms with Crippen LogP contribution in [0.4, 0.5) is 8.78 Å². The Balaban J connectivity index is 1.56. The Hall–Kier alpha value is -4.22. The monoisotopic (exact) mass is 440 g/mol. The summed E-state index contributed by atoms with van der Waals surface area (Å²) >= 11 is 0. The summed E-state index contributed by atoms with van der Waals surface area (Å²) < 4.78 is 32.6. The minimum absolute atomic E-state index is 0.0897. The van der Waals surface area contributed by atoms with E-state index in [4.69, 9.17) is 0 Å². The molecule has 4 aromatic rings. The van der Waals surface area contributed by atoms with E-state index >= 15 is 0 Å². The summed E-state index contributed by atoms with van der Waals surface area (Å²) in [6.45, 7) is 0.423. The second-order valence-corrected chi connectivity index (χ2v) is 6.82. The number of nitrogens with one attached hydrogen (secondary N) is 1. The largest absolute Gasteiger partial charge is 0.435 e. The zero-order valence-corrected chi connectivity index (χ0v) is 17.1. The first-order valence-electron chi connectivity index (χ1n) is 9.50. The minimum Gasteiger partial charge on any atom is -0.435 e. The lowest BCUT2D eigenvalue weighted by Gasteiger charge is -2.15. The van der Waals surface area contributed by atoms with Crippen molar-refractivity contribution in [3.63, 3.8) is 0 Å². The fourth-order valence-corrected chi connectivity index (χ4v) is 3.10. The number of alkyl halides is 2. The summed E-state index contributed by atoms with van der Waals surface area (Å²) in [6, 6.07) is 7.12. The molecule has 10 nitrogen and oxygen atoms in total. The van der Waals surface area contributed by atoms with Crippen LogP contribution in [0, 0.1) is 6.92 Å². The summed E-state index contributed by atoms with van der Waals surface area (Å²) in [5.41, 5.74) is 0.790. The normalized spacial score (nSPS) is 12.0. The molecular weight excluding hydrogens is 422 g/mol. The van der Waals surface area contributed by atoms with Gasteiger partial charge < -0.3 is 10.1 Å². The first-order chi connectivity index (χ1) is 15.4. The zero-order chi connectivity index (χ0) is 22.7. The average molecular weight is 440 g/mol. The third-order valence-electron chi connectivity index (χ3n) is 4.44. The maximum atomic E-state index is 12.7. The maximum absolute atomic E-state index is 12.7. The van der Waals surface area contributed by atoms with Gasteiger partial charge in [0.05, 0.1) is 6.04 Å². The summed E-state index contributed by atoms with van der Waals surface area (Å²) in [6.07, 6.45) is 6.09. The third kappa shape index (κ3) is 4.58. The van der Waals surface area contributed by atoms with Gasteiger partial charge in [0.25, 0.3) is 5.91 Å². The Bertz CT molecular complexity index is 1230. The van der Waals surface area contributed by atoms with Crippen molar-refractivity contribution in [1.82, 2.24) is 39.8 Å². The predicted molar refractivity (Wildman–Crippen MR) is 108 cm³/mol. The van der Waals surface area contributed by atoms with Crippen LogP contribution in [0.25, 0.3) is 11.6 Å². The van der Waals surface area contributed by atoms with Crippen LogP contribution in [-0.4, -0.2) is 47.0 Å². The summed E-state index contributed by atoms with van der Waals surface area (Å²) in [7, 11) is 0. The van der Waals surface area contributed by atoms with Crippen molar-refractivity contribution in [3.05, 3.63) is 72.3 Å². The van der Waals surface area contributed by atoms with E-state index < -0.39 is 18.6 Å². The number of hydrogen-bond donors (Lipinski definition) is 1. The Labute approximate surface area is 180 Å². The Morgan fingerprint density at radius 2 is 1.88 bits per heavy atom. The molecule has 1 atom stereocenters. The molecule has 164 valence electrons. The lowest BCUT2D eigenvalue weighted by molar-refractivity contribution is -0.0499. The molecule has 1 N–H and O–H groups in total. The molecule has 4 rings (SSSR count). The minimum atomic E-state index is -2.98. The number of ether oxygens (including phenoxy) is 1. The van der Waals surface area contributed by atoms with Crippen LogP contribution in [0.5, 0.6) is 5.75 Å². The van der Waals surface area contributed by atoms with Crippen molar-refractivity contribution >= 4 is 5.91 Å². The van der Waals surface area contributed by atoms with Crippen LogP contribution in [0.3, 0.4) is 0 Å². The molecule has 12 heteroatoms. The highest BCUT2D eigenvalue weighted by Crippen LogP contribution is 2.20. The maximum Gasteiger partial charge on any atom is 0.387 e. The molecule has 0 spiro atoms. The van der Waals surface area contributed by atoms with Crippen LogP contribution in [0.2, 0.25) is 0 Å². The molecule has 0 aliphatic carbocycles. The number of nitrogens with zero attached hydrogens (tertiary/aromatic N) is 7. The van der Waals surface area contributed by atoms with Crippen LogP contribution < -0.4 is 10.1 Å². The second kappa shape index (κ2) is 8.88. The highest BCUT2D eigenvalue weighted by Gasteiger charge is 2.20. The standard InChI is InChI=1S/C20H18F2N8O2/c1-12-6-14(8-15(7-12)32-20(21)22)19(31)28-13(2)18-25-11-27-30(18)17-9-16(23-10-24-17)29-5-3-4-26-29/h3-11,13,20H,1-2H3,(H,28,31)/t13-/m0/s1. The number of carbonyl (C=O) groups excluding carboxylic acids is 1. The van der Waals surface area contributed by atoms with Crippen LogP contribution in [-0.2, 0) is 0 Å². The van der Waals surface area contributed by atoms with Gasteiger partial charge in [-0.05, 0) is 43.7 Å². The van der Waals surface area contributed by atoms with Crippen molar-refractivity contribution in [2.45, 2.75) is 26.5 Å². The summed E-state index contributed by atoms with van der Waals surface area (Å²) in [4.78, 5) is 25.4. The Kier molecular flexibility index (Phi) is 5.83. The zero-order valence-electron chi connectivity index (χ0n) is 17.1. The van der Waals surface area contributed by atoms with Crippen molar-refractivity contribution in [1.29, 1.82) is 0 Å². The van der Waals surface area contributed by atoms with Gasteiger partial charge in [-0.15, -0.1) is 0 Å². The van der Waals surface area contributed by atoms with E-state index in [1.807, 2.05) is 0 Å². The lowest BCUT2D eigenvalue weighted by Crippen LogP contribution is -2.29. The molecule has 3 aromatic heterocycles. The number of benzene rings is 1. The van der Waals surface area contributed by atoms with Gasteiger partial charge in [-0.2, -0.15) is 23.7 Å². The number of aromatic nitrogens is 7. The summed E-state index contributed by atoms with van der Waals surface area (Å²) in [5, 5.41) is 11.1. The predicted octanol–water partition coefficient (Wildman–Crippen LogP) is 2.64. The topological polar surface area (TPSA) is 113 Å². The van der Waals surface area contributed by atoms with E-state index in [0.29, 0.717) is 23.0 Å². The molecule has 3 heterocycles. The van der Waals surface area contributed by atoms with E-state index in [0.717, 1.165) is 0 Å². The van der Waals surface area contributed by atoms with Crippen molar-refractivity contribution in [2.24, 2.45) is 0 Å². The highest BCUT2D eigenvalue weighted by atomic mass is 19.3. The molecule has 0 aliphatic rings. The molecule has 0 bridgehead atoms. The Morgan fingerprint density at radius 3 is 2.62 bits per heavy atom. The number of hydrogen-bond acceptors (Lipinski definition) is 7. The molecule has 32 heavy (non-hydrogen) atoms. The van der Waals surface area contributed by atoms with E-state index in [9.17, 15) is 13.6 Å². The second-order valence-electron chi connectivity index (χ2n) is 6.82. The molecule has 0 saturated heterocycles. The van der Waals surface area contributed by atoms with E-state index in [1.165, 1.54) is 29.5 Å². The van der Waals surface area contributed by atoms with Gasteiger partial charge in [0.15, 0.2) is 17.5 Å². The van der Waals surface area contributed by atoms with Crippen molar-refractivity contribution in [3.8, 4) is 17.4 Å². The van der Waals surface area contributed by atoms with Crippen molar-refractivity contribution < 1.29 is 18.3 Å². The van der Waals surface area contributed by atoms with Crippen LogP contribution in [0.15, 0.2) is 55.4 Å². The fourth-order valence-electron chi connectivity index (χ4n) is 3.10. The van der Waals surface area contributed by atoms with E-state index in [1.54, 1.807) is 49.1 Å². The molecule has 1 amide bonds. The first-order valence-corrected chi connectivity index (χ1v) is 9.50. The number of carbonyl (C=O) groups is 1. The number of amides is 1. The molecule has 0 saturated carbocycles. The quantitative estimate of drug-likeness (QED) is 0.470. The lowest BCUT2D eigenvalue weighted by atomic mass is 10.1. The van der Waals surface area contributed by atoms with Gasteiger partial charge in [0, 0.05) is 24.0 Å². The molecule has 0 fully saturated rings. The average Bonchev–Trinajstić information content (AvgIpc) is 3.45. The number of aryl methyl sites for hydroxylation is 1. The van der Waals surface area contributed by atoms with Gasteiger partial charge >= 0.3 is 6.61 Å². The summed E-state index contributed by atoms with van der Waals surface area (Å²) in [5.74, 6) is 0.815. The number of halogens is 2. The van der Waals surface area contributed by atoms with Crippen LogP contribution in [0.1, 0.15) is 34.7 Å². The van der Waals surface area contributed by atoms with Gasteiger partial charge in [-0.3, -0.25) is 4.79 Å². The van der Waals surface area contributed by atoms with Gasteiger partial charge in [-0.25, -0.2) is 19.6 Å². The highest BCUT2D eigenvalue weighted by molar-refractivity contribution is 5.95. The number of rotatable bonds is 7. The fraction of sp³-hybridized carbons (Fsp3) is 0.200. The molecular formula is C20H18F2N8O2. The first kappa shape index (κ1) is 21.0. The molecule has 1 aromatic carbocycles. The molecule has 0 unspecified atom stereocenters. The molecule has 0 radical (unpaired) electrons. The third-order valence-corrected chi connectivity index (χ3v) is 4.44. The smallest absolute Gasteiger partial charge is 0.387 e. The molecule has 0 aliphatic heterocycles. The van der Waals surface area contributed by atoms with E-state index in [2.05, 4.69) is 35.2 Å². The van der Waals surface area contributed by atoms with Gasteiger partial charge in [0.1, 0.15) is 18.4 Å². The van der Waals surface area contributed by atoms with Gasteiger partial charge in [-0.1, -0.05) is 0 Å². The van der Waals surface area contributed by atoms with E-state index in [-0.39, 0.29) is 11.3 Å². The van der Waals surface area contributed by atoms with Crippen molar-refractivity contribution in [2.75, 3.05) is 0 Å². The van der Waals surface area contributed by atoms with Gasteiger partial charge in [0.2, 0.25) is 0 Å². The SMILES string of the molecule is Cc1cc(OC(F)F)cc(C(=O)N[C@@H](C)c2ncnn2-c2cc(-n3cccn3)ncn2)c1. The Morgan fingerprint density at radius 1 is 1.06 bits per heavy atom.